The lowest BCUT2D eigenvalue weighted by Gasteiger charge is -2.35. The molecule has 1 saturated heterocycles. The lowest BCUT2D eigenvalue weighted by Crippen LogP contribution is -2.51. The molecule has 5 nitrogen and oxygen atoms in total. The highest BCUT2D eigenvalue weighted by Gasteiger charge is 2.34. The molecular formula is C23H25ClFN3O2. The molecule has 1 aliphatic carbocycles. The first-order valence-electron chi connectivity index (χ1n) is 10.3. The zero-order valence-corrected chi connectivity index (χ0v) is 17.5. The van der Waals surface area contributed by atoms with Crippen LogP contribution in [-0.4, -0.2) is 65.3 Å². The molecular weight excluding hydrogens is 405 g/mol. The molecule has 0 aromatic heterocycles. The number of benzene rings is 2. The van der Waals surface area contributed by atoms with Crippen molar-refractivity contribution in [1.29, 1.82) is 0 Å². The molecule has 2 amide bonds. The summed E-state index contributed by atoms with van der Waals surface area (Å²) in [4.78, 5) is 31.3. The topological polar surface area (TPSA) is 43.9 Å². The molecule has 30 heavy (non-hydrogen) atoms. The molecule has 1 heterocycles. The summed E-state index contributed by atoms with van der Waals surface area (Å²) in [5.74, 6) is -0.333. The average molecular weight is 430 g/mol. The largest absolute Gasteiger partial charge is 0.336 e. The van der Waals surface area contributed by atoms with Gasteiger partial charge < -0.3 is 9.80 Å². The maximum atomic E-state index is 14.0. The van der Waals surface area contributed by atoms with Gasteiger partial charge in [0.1, 0.15) is 5.82 Å². The van der Waals surface area contributed by atoms with Crippen molar-refractivity contribution in [2.24, 2.45) is 0 Å². The summed E-state index contributed by atoms with van der Waals surface area (Å²) in [5, 5.41) is 0.452. The van der Waals surface area contributed by atoms with Gasteiger partial charge in [0, 0.05) is 44.3 Å². The Morgan fingerprint density at radius 3 is 2.33 bits per heavy atom. The fourth-order valence-electron chi connectivity index (χ4n) is 3.81. The summed E-state index contributed by atoms with van der Waals surface area (Å²) in [6.07, 6.45) is 1.95. The Morgan fingerprint density at radius 2 is 1.67 bits per heavy atom. The van der Waals surface area contributed by atoms with Crippen LogP contribution < -0.4 is 0 Å². The molecule has 0 atom stereocenters. The minimum Gasteiger partial charge on any atom is -0.336 e. The van der Waals surface area contributed by atoms with Crippen molar-refractivity contribution < 1.29 is 14.0 Å². The minimum atomic E-state index is -0.275. The highest BCUT2D eigenvalue weighted by Crippen LogP contribution is 2.29. The van der Waals surface area contributed by atoms with Gasteiger partial charge in [-0.3, -0.25) is 14.5 Å². The fraction of sp³-hybridized carbons (Fsp3) is 0.391. The van der Waals surface area contributed by atoms with Crippen LogP contribution in [0.1, 0.15) is 28.8 Å². The van der Waals surface area contributed by atoms with Crippen molar-refractivity contribution in [3.05, 3.63) is 70.5 Å². The first-order chi connectivity index (χ1) is 14.5. The summed E-state index contributed by atoms with van der Waals surface area (Å²) in [6.45, 7) is 2.95. The van der Waals surface area contributed by atoms with Crippen LogP contribution in [0.2, 0.25) is 5.02 Å². The van der Waals surface area contributed by atoms with E-state index in [2.05, 4.69) is 4.90 Å². The quantitative estimate of drug-likeness (QED) is 0.706. The molecule has 4 rings (SSSR count). The van der Waals surface area contributed by atoms with Gasteiger partial charge in [0.25, 0.3) is 5.91 Å². The maximum absolute atomic E-state index is 14.0. The van der Waals surface area contributed by atoms with E-state index in [0.29, 0.717) is 55.4 Å². The van der Waals surface area contributed by atoms with Crippen LogP contribution in [0, 0.1) is 5.82 Å². The van der Waals surface area contributed by atoms with Gasteiger partial charge in [-0.2, -0.15) is 0 Å². The summed E-state index contributed by atoms with van der Waals surface area (Å²) in [6, 6.07) is 13.9. The second-order valence-electron chi connectivity index (χ2n) is 7.89. The lowest BCUT2D eigenvalue weighted by molar-refractivity contribution is -0.134. The van der Waals surface area contributed by atoms with E-state index in [1.165, 1.54) is 6.07 Å². The maximum Gasteiger partial charge on any atom is 0.255 e. The fourth-order valence-corrected chi connectivity index (χ4v) is 4.03. The van der Waals surface area contributed by atoms with Crippen molar-refractivity contribution in [2.75, 3.05) is 32.7 Å². The van der Waals surface area contributed by atoms with E-state index < -0.39 is 0 Å². The third-order valence-corrected chi connectivity index (χ3v) is 6.06. The van der Waals surface area contributed by atoms with Crippen molar-refractivity contribution in [3.8, 4) is 0 Å². The lowest BCUT2D eigenvalue weighted by atomic mass is 10.1. The molecule has 0 unspecified atom stereocenters. The van der Waals surface area contributed by atoms with Gasteiger partial charge in [-0.1, -0.05) is 41.9 Å². The number of halogens is 2. The van der Waals surface area contributed by atoms with E-state index in [-0.39, 0.29) is 23.7 Å². The van der Waals surface area contributed by atoms with Gasteiger partial charge >= 0.3 is 0 Å². The van der Waals surface area contributed by atoms with E-state index in [0.717, 1.165) is 12.8 Å². The third-order valence-electron chi connectivity index (χ3n) is 5.73. The number of piperazine rings is 1. The first-order valence-corrected chi connectivity index (χ1v) is 10.7. The monoisotopic (exact) mass is 429 g/mol. The molecule has 158 valence electrons. The molecule has 0 N–H and O–H groups in total. The van der Waals surface area contributed by atoms with E-state index in [1.54, 1.807) is 52.3 Å². The zero-order valence-electron chi connectivity index (χ0n) is 16.8. The normalized spacial score (nSPS) is 17.1. The second-order valence-corrected chi connectivity index (χ2v) is 8.30. The van der Waals surface area contributed by atoms with Crippen LogP contribution in [0.5, 0.6) is 0 Å². The molecule has 0 spiro atoms. The van der Waals surface area contributed by atoms with Crippen molar-refractivity contribution in [3.63, 3.8) is 0 Å². The zero-order chi connectivity index (χ0) is 21.1. The van der Waals surface area contributed by atoms with Gasteiger partial charge in [-0.05, 0) is 31.0 Å². The van der Waals surface area contributed by atoms with Crippen LogP contribution in [0.3, 0.4) is 0 Å². The van der Waals surface area contributed by atoms with Crippen molar-refractivity contribution >= 4 is 23.4 Å². The molecule has 2 fully saturated rings. The highest BCUT2D eigenvalue weighted by molar-refractivity contribution is 6.33. The summed E-state index contributed by atoms with van der Waals surface area (Å²) in [7, 11) is 0. The van der Waals surface area contributed by atoms with Gasteiger partial charge in [0.2, 0.25) is 5.91 Å². The Balaban J connectivity index is 1.33. The number of amides is 2. The van der Waals surface area contributed by atoms with Crippen LogP contribution in [0.15, 0.2) is 48.5 Å². The van der Waals surface area contributed by atoms with Crippen LogP contribution >= 0.6 is 11.6 Å². The van der Waals surface area contributed by atoms with Gasteiger partial charge in [-0.15, -0.1) is 0 Å². The predicted octanol–water partition coefficient (Wildman–Crippen LogP) is 3.43. The smallest absolute Gasteiger partial charge is 0.255 e. The summed E-state index contributed by atoms with van der Waals surface area (Å²) >= 11 is 6.15. The molecule has 2 aromatic carbocycles. The Kier molecular flexibility index (Phi) is 6.35. The average Bonchev–Trinajstić information content (AvgIpc) is 3.59. The molecule has 1 aliphatic heterocycles. The van der Waals surface area contributed by atoms with Gasteiger partial charge in [0.05, 0.1) is 17.1 Å². The number of rotatable bonds is 6. The van der Waals surface area contributed by atoms with Crippen LogP contribution in [0.4, 0.5) is 4.39 Å². The van der Waals surface area contributed by atoms with E-state index in [1.807, 2.05) is 0 Å². The number of carbonyl (C=O) groups is 2. The van der Waals surface area contributed by atoms with Crippen molar-refractivity contribution in [1.82, 2.24) is 14.7 Å². The number of hydrogen-bond donors (Lipinski definition) is 0. The Bertz CT molecular complexity index is 926. The van der Waals surface area contributed by atoms with E-state index in [9.17, 15) is 14.0 Å². The molecule has 7 heteroatoms. The number of hydrogen-bond acceptors (Lipinski definition) is 3. The third kappa shape index (κ3) is 4.82. The van der Waals surface area contributed by atoms with Crippen LogP contribution in [-0.2, 0) is 11.3 Å². The first kappa shape index (κ1) is 20.8. The molecule has 2 aromatic rings. The Hall–Kier alpha value is -2.44. The van der Waals surface area contributed by atoms with Crippen molar-refractivity contribution in [2.45, 2.75) is 25.4 Å². The van der Waals surface area contributed by atoms with E-state index >= 15 is 0 Å². The Labute approximate surface area is 181 Å². The van der Waals surface area contributed by atoms with Crippen LogP contribution in [0.25, 0.3) is 0 Å². The number of nitrogens with zero attached hydrogens (tertiary/aromatic N) is 3. The SMILES string of the molecule is O=C(c1ccccc1Cl)N1CCN(CC(=O)N(Cc2ccccc2F)C2CC2)CC1. The van der Waals surface area contributed by atoms with E-state index in [4.69, 9.17) is 11.6 Å². The number of carbonyl (C=O) groups excluding carboxylic acids is 2. The molecule has 0 radical (unpaired) electrons. The minimum absolute atomic E-state index is 0.0200. The Morgan fingerprint density at radius 1 is 1.00 bits per heavy atom. The second kappa shape index (κ2) is 9.14. The summed E-state index contributed by atoms with van der Waals surface area (Å²) in [5.41, 5.74) is 1.06. The summed E-state index contributed by atoms with van der Waals surface area (Å²) < 4.78 is 14.0. The molecule has 0 bridgehead atoms. The molecule has 1 saturated carbocycles. The van der Waals surface area contributed by atoms with Gasteiger partial charge in [-0.25, -0.2) is 4.39 Å². The van der Waals surface area contributed by atoms with Gasteiger partial charge in [0.15, 0.2) is 0 Å². The predicted molar refractivity (Wildman–Crippen MR) is 114 cm³/mol. The molecule has 2 aliphatic rings. The highest BCUT2D eigenvalue weighted by atomic mass is 35.5. The standard InChI is InChI=1S/C23H25ClFN3O2/c24-20-7-3-2-6-19(20)23(30)27-13-11-26(12-14-27)16-22(29)28(18-9-10-18)15-17-5-1-4-8-21(17)25/h1-8,18H,9-16H2.